The minimum absolute atomic E-state index is 0.574. The molecule has 0 spiro atoms. The third kappa shape index (κ3) is 3.49. The van der Waals surface area contributed by atoms with Crippen molar-refractivity contribution >= 4 is 23.2 Å². The third-order valence-electron chi connectivity index (χ3n) is 2.76. The molecule has 0 aromatic heterocycles. The van der Waals surface area contributed by atoms with Gasteiger partial charge in [0.25, 0.3) is 0 Å². The fraction of sp³-hybridized carbons (Fsp3) is 0.200. The summed E-state index contributed by atoms with van der Waals surface area (Å²) in [6, 6.07) is 16.8. The van der Waals surface area contributed by atoms with Crippen molar-refractivity contribution in [2.75, 3.05) is 0 Å². The number of hydrogen-bond donors (Lipinski definition) is 0. The van der Waals surface area contributed by atoms with Crippen LogP contribution >= 0.6 is 23.2 Å². The molecule has 0 aliphatic rings. The van der Waals surface area contributed by atoms with E-state index in [2.05, 4.69) is 48.5 Å². The highest BCUT2D eigenvalue weighted by Crippen LogP contribution is 2.13. The first-order valence-corrected chi connectivity index (χ1v) is 6.66. The van der Waals surface area contributed by atoms with Gasteiger partial charge >= 0.3 is 0 Å². The Bertz CT molecular complexity index is 412. The van der Waals surface area contributed by atoms with E-state index in [9.17, 15) is 0 Å². The monoisotopic (exact) mass is 264 g/mol. The van der Waals surface area contributed by atoms with Crippen molar-refractivity contribution in [1.82, 2.24) is 0 Å². The summed E-state index contributed by atoms with van der Waals surface area (Å²) in [6.07, 6.45) is 0.950. The zero-order valence-electron chi connectivity index (χ0n) is 9.50. The molecule has 0 heterocycles. The van der Waals surface area contributed by atoms with Crippen LogP contribution in [0.15, 0.2) is 48.5 Å². The van der Waals surface area contributed by atoms with Crippen LogP contribution in [0.2, 0.25) is 0 Å². The highest BCUT2D eigenvalue weighted by molar-refractivity contribution is 6.17. The zero-order chi connectivity index (χ0) is 12.1. The molecule has 0 fully saturated rings. The maximum absolute atomic E-state index is 5.76. The van der Waals surface area contributed by atoms with E-state index in [1.54, 1.807) is 0 Å². The van der Waals surface area contributed by atoms with E-state index >= 15 is 0 Å². The van der Waals surface area contributed by atoms with Crippen molar-refractivity contribution in [3.05, 3.63) is 70.8 Å². The molecular weight excluding hydrogens is 251 g/mol. The first kappa shape index (κ1) is 12.5. The maximum Gasteiger partial charge on any atom is 0.0474 e. The second-order valence-electron chi connectivity index (χ2n) is 4.08. The number of hydrogen-bond acceptors (Lipinski definition) is 0. The Balaban J connectivity index is 2.08. The van der Waals surface area contributed by atoms with Crippen LogP contribution in [0, 0.1) is 0 Å². The molecule has 0 amide bonds. The summed E-state index contributed by atoms with van der Waals surface area (Å²) < 4.78 is 0. The lowest BCUT2D eigenvalue weighted by molar-refractivity contribution is 1.17. The Labute approximate surface area is 112 Å². The predicted molar refractivity (Wildman–Crippen MR) is 74.8 cm³/mol. The van der Waals surface area contributed by atoms with E-state index in [4.69, 9.17) is 23.2 Å². The third-order valence-corrected chi connectivity index (χ3v) is 3.38. The van der Waals surface area contributed by atoms with E-state index in [0.717, 1.165) is 17.5 Å². The van der Waals surface area contributed by atoms with Gasteiger partial charge in [-0.3, -0.25) is 0 Å². The first-order chi connectivity index (χ1) is 8.31. The Morgan fingerprint density at radius 1 is 0.529 bits per heavy atom. The van der Waals surface area contributed by atoms with Crippen molar-refractivity contribution in [3.8, 4) is 0 Å². The van der Waals surface area contributed by atoms with Gasteiger partial charge in [-0.1, -0.05) is 48.5 Å². The molecule has 0 aliphatic carbocycles. The Morgan fingerprint density at radius 3 is 1.12 bits per heavy atom. The van der Waals surface area contributed by atoms with Gasteiger partial charge in [0.2, 0.25) is 0 Å². The fourth-order valence-corrected chi connectivity index (χ4v) is 2.08. The van der Waals surface area contributed by atoms with Crippen LogP contribution in [-0.4, -0.2) is 0 Å². The molecule has 0 N–H and O–H groups in total. The molecule has 0 saturated carbocycles. The molecular formula is C15H14Cl2. The topological polar surface area (TPSA) is 0 Å². The fourth-order valence-electron chi connectivity index (χ4n) is 1.73. The van der Waals surface area contributed by atoms with Crippen molar-refractivity contribution in [2.24, 2.45) is 0 Å². The number of benzene rings is 2. The summed E-state index contributed by atoms with van der Waals surface area (Å²) in [6.45, 7) is 0. The van der Waals surface area contributed by atoms with Crippen LogP contribution in [0.4, 0.5) is 0 Å². The smallest absolute Gasteiger partial charge is 0.0474 e. The molecule has 2 rings (SSSR count). The first-order valence-electron chi connectivity index (χ1n) is 5.59. The Hall–Kier alpha value is -0.980. The van der Waals surface area contributed by atoms with Crippen molar-refractivity contribution in [1.29, 1.82) is 0 Å². The van der Waals surface area contributed by atoms with Crippen LogP contribution in [-0.2, 0) is 18.2 Å². The van der Waals surface area contributed by atoms with Gasteiger partial charge in [0, 0.05) is 11.8 Å². The van der Waals surface area contributed by atoms with Gasteiger partial charge in [-0.2, -0.15) is 0 Å². The number of alkyl halides is 2. The molecule has 0 aliphatic heterocycles. The quantitative estimate of drug-likeness (QED) is 0.699. The number of rotatable bonds is 4. The normalized spacial score (nSPS) is 10.5. The van der Waals surface area contributed by atoms with Crippen molar-refractivity contribution < 1.29 is 0 Å². The lowest BCUT2D eigenvalue weighted by Crippen LogP contribution is -1.89. The van der Waals surface area contributed by atoms with E-state index in [1.807, 2.05) is 0 Å². The molecule has 0 radical (unpaired) electrons. The van der Waals surface area contributed by atoms with E-state index in [-0.39, 0.29) is 0 Å². The van der Waals surface area contributed by atoms with Crippen LogP contribution in [0.1, 0.15) is 22.3 Å². The molecule has 2 aromatic carbocycles. The van der Waals surface area contributed by atoms with Crippen LogP contribution in [0.25, 0.3) is 0 Å². The van der Waals surface area contributed by atoms with Gasteiger partial charge < -0.3 is 0 Å². The molecule has 0 nitrogen and oxygen atoms in total. The van der Waals surface area contributed by atoms with E-state index in [1.165, 1.54) is 11.1 Å². The number of halogens is 2. The highest BCUT2D eigenvalue weighted by atomic mass is 35.5. The molecule has 0 unspecified atom stereocenters. The average molecular weight is 265 g/mol. The predicted octanol–water partition coefficient (Wildman–Crippen LogP) is 4.76. The van der Waals surface area contributed by atoms with Crippen molar-refractivity contribution in [3.63, 3.8) is 0 Å². The summed E-state index contributed by atoms with van der Waals surface area (Å²) >= 11 is 11.5. The molecule has 0 bridgehead atoms. The highest BCUT2D eigenvalue weighted by Gasteiger charge is 1.97. The largest absolute Gasteiger partial charge is 0.122 e. The Morgan fingerprint density at radius 2 is 0.824 bits per heavy atom. The zero-order valence-corrected chi connectivity index (χ0v) is 11.0. The van der Waals surface area contributed by atoms with Gasteiger partial charge in [0.1, 0.15) is 0 Å². The van der Waals surface area contributed by atoms with Crippen molar-refractivity contribution in [2.45, 2.75) is 18.2 Å². The van der Waals surface area contributed by atoms with Crippen LogP contribution in [0.5, 0.6) is 0 Å². The van der Waals surface area contributed by atoms with Gasteiger partial charge in [-0.25, -0.2) is 0 Å². The van der Waals surface area contributed by atoms with Gasteiger partial charge in [0.05, 0.1) is 0 Å². The molecule has 2 heteroatoms. The second kappa shape index (κ2) is 6.09. The lowest BCUT2D eigenvalue weighted by atomic mass is 10.0. The minimum atomic E-state index is 0.574. The van der Waals surface area contributed by atoms with E-state index < -0.39 is 0 Å². The molecule has 88 valence electrons. The Kier molecular flexibility index (Phi) is 4.47. The van der Waals surface area contributed by atoms with E-state index in [0.29, 0.717) is 11.8 Å². The minimum Gasteiger partial charge on any atom is -0.122 e. The summed E-state index contributed by atoms with van der Waals surface area (Å²) in [4.78, 5) is 0. The van der Waals surface area contributed by atoms with Crippen LogP contribution in [0.3, 0.4) is 0 Å². The molecule has 0 atom stereocenters. The average Bonchev–Trinajstić information content (AvgIpc) is 2.40. The molecule has 17 heavy (non-hydrogen) atoms. The van der Waals surface area contributed by atoms with Gasteiger partial charge in [-0.05, 0) is 28.7 Å². The molecule has 0 saturated heterocycles. The summed E-state index contributed by atoms with van der Waals surface area (Å²) in [5.41, 5.74) is 4.93. The second-order valence-corrected chi connectivity index (χ2v) is 4.61. The summed E-state index contributed by atoms with van der Waals surface area (Å²) in [5.74, 6) is 1.15. The lowest BCUT2D eigenvalue weighted by Gasteiger charge is -2.04. The standard InChI is InChI=1S/C15H14Cl2/c16-10-14-5-1-12(2-6-14)9-13-3-7-15(11-17)8-4-13/h1-8H,9-11H2. The van der Waals surface area contributed by atoms with Crippen LogP contribution < -0.4 is 0 Å². The summed E-state index contributed by atoms with van der Waals surface area (Å²) in [5, 5.41) is 0. The SMILES string of the molecule is ClCc1ccc(Cc2ccc(CCl)cc2)cc1. The molecule has 2 aromatic rings. The summed E-state index contributed by atoms with van der Waals surface area (Å²) in [7, 11) is 0. The van der Waals surface area contributed by atoms with Gasteiger partial charge in [0.15, 0.2) is 0 Å². The van der Waals surface area contributed by atoms with Gasteiger partial charge in [-0.15, -0.1) is 23.2 Å². The maximum atomic E-state index is 5.76.